The van der Waals surface area contributed by atoms with Crippen LogP contribution < -0.4 is 5.32 Å². The third-order valence-corrected chi connectivity index (χ3v) is 2.18. The van der Waals surface area contributed by atoms with Gasteiger partial charge in [-0.15, -0.1) is 0 Å². The first-order valence-electron chi connectivity index (χ1n) is 4.08. The Morgan fingerprint density at radius 1 is 1.71 bits per heavy atom. The summed E-state index contributed by atoms with van der Waals surface area (Å²) in [5, 5.41) is 9.03. The molecule has 0 fully saturated rings. The molecule has 0 radical (unpaired) electrons. The maximum Gasteiger partial charge on any atom is 0.270 e. The molecule has 1 aromatic rings. The van der Waals surface area contributed by atoms with Crippen LogP contribution in [0.25, 0.3) is 0 Å². The van der Waals surface area contributed by atoms with Crippen molar-refractivity contribution in [2.45, 2.75) is 26.0 Å². The number of halogens is 2. The highest BCUT2D eigenvalue weighted by atomic mass is 35.5. The number of carbonyl (C=O) groups is 1. The van der Waals surface area contributed by atoms with Crippen molar-refractivity contribution >= 4 is 17.5 Å². The lowest BCUT2D eigenvalue weighted by molar-refractivity contribution is -0.123. The number of nitrogens with one attached hydrogen (secondary N) is 2. The van der Waals surface area contributed by atoms with Gasteiger partial charge in [0.15, 0.2) is 0 Å². The molecule has 1 rings (SSSR count). The van der Waals surface area contributed by atoms with Gasteiger partial charge in [0.25, 0.3) is 11.5 Å². The summed E-state index contributed by atoms with van der Waals surface area (Å²) in [7, 11) is 0. The van der Waals surface area contributed by atoms with Crippen LogP contribution in [0.5, 0.6) is 0 Å². The van der Waals surface area contributed by atoms with E-state index in [9.17, 15) is 9.18 Å². The third-order valence-electron chi connectivity index (χ3n) is 1.98. The van der Waals surface area contributed by atoms with E-state index in [0.717, 1.165) is 11.3 Å². The van der Waals surface area contributed by atoms with Crippen molar-refractivity contribution < 1.29 is 9.18 Å². The summed E-state index contributed by atoms with van der Waals surface area (Å²) < 4.78 is 12.2. The average molecular weight is 220 g/mol. The standard InChI is InChI=1S/C8H11ClFN3O/c1-4-5(2)12-13-6(4)3-11-8(14)7(9)10/h7H,3H2,1-2H3,(H,11,14)(H,12,13). The Balaban J connectivity index is 2.54. The number of rotatable bonds is 3. The summed E-state index contributed by atoms with van der Waals surface area (Å²) in [5.41, 5.74) is 0.565. The first-order valence-corrected chi connectivity index (χ1v) is 4.52. The van der Waals surface area contributed by atoms with E-state index in [-0.39, 0.29) is 6.54 Å². The number of nitrogens with zero attached hydrogens (tertiary/aromatic N) is 1. The number of hydrogen-bond acceptors (Lipinski definition) is 2. The fraction of sp³-hybridized carbons (Fsp3) is 0.500. The molecule has 1 aromatic heterocycles. The number of aryl methyl sites for hydroxylation is 1. The van der Waals surface area contributed by atoms with Crippen molar-refractivity contribution in [2.24, 2.45) is 0 Å². The van der Waals surface area contributed by atoms with Crippen molar-refractivity contribution in [1.82, 2.24) is 15.5 Å². The average Bonchev–Trinajstić information content (AvgIpc) is 2.44. The highest BCUT2D eigenvalue weighted by Crippen LogP contribution is 2.07. The Morgan fingerprint density at radius 3 is 2.79 bits per heavy atom. The molecule has 1 unspecified atom stereocenters. The Bertz CT molecular complexity index is 337. The first kappa shape index (κ1) is 11.0. The maximum absolute atomic E-state index is 12.2. The minimum absolute atomic E-state index is 0.183. The van der Waals surface area contributed by atoms with Crippen LogP contribution in [0.15, 0.2) is 0 Å². The highest BCUT2D eigenvalue weighted by Gasteiger charge is 2.13. The van der Waals surface area contributed by atoms with E-state index in [0.29, 0.717) is 5.69 Å². The second-order valence-corrected chi connectivity index (χ2v) is 3.32. The molecule has 1 heterocycles. The summed E-state index contributed by atoms with van der Waals surface area (Å²) in [6.07, 6.45) is 0. The van der Waals surface area contributed by atoms with Crippen LogP contribution in [0, 0.1) is 13.8 Å². The fourth-order valence-electron chi connectivity index (χ4n) is 0.956. The molecular weight excluding hydrogens is 209 g/mol. The number of aromatic amines is 1. The summed E-state index contributed by atoms with van der Waals surface area (Å²) in [6.45, 7) is 3.92. The maximum atomic E-state index is 12.2. The zero-order valence-electron chi connectivity index (χ0n) is 7.90. The molecule has 6 heteroatoms. The number of amides is 1. The lowest BCUT2D eigenvalue weighted by atomic mass is 10.2. The van der Waals surface area contributed by atoms with Gasteiger partial charge in [-0.05, 0) is 19.4 Å². The Kier molecular flexibility index (Phi) is 3.46. The molecule has 0 aliphatic rings. The minimum Gasteiger partial charge on any atom is -0.347 e. The number of carbonyl (C=O) groups excluding carboxylic acids is 1. The molecule has 0 aliphatic carbocycles. The molecule has 14 heavy (non-hydrogen) atoms. The first-order chi connectivity index (χ1) is 6.52. The van der Waals surface area contributed by atoms with E-state index < -0.39 is 11.5 Å². The van der Waals surface area contributed by atoms with Gasteiger partial charge in [-0.25, -0.2) is 4.39 Å². The zero-order valence-corrected chi connectivity index (χ0v) is 8.65. The third kappa shape index (κ3) is 2.45. The molecule has 1 atom stereocenters. The number of alkyl halides is 2. The van der Waals surface area contributed by atoms with E-state index in [4.69, 9.17) is 11.6 Å². The van der Waals surface area contributed by atoms with Crippen LogP contribution in [0.4, 0.5) is 4.39 Å². The molecule has 4 nitrogen and oxygen atoms in total. The highest BCUT2D eigenvalue weighted by molar-refractivity contribution is 6.29. The van der Waals surface area contributed by atoms with Crippen molar-refractivity contribution in [2.75, 3.05) is 0 Å². The quantitative estimate of drug-likeness (QED) is 0.750. The van der Waals surface area contributed by atoms with Gasteiger partial charge in [0.2, 0.25) is 0 Å². The molecule has 78 valence electrons. The largest absolute Gasteiger partial charge is 0.347 e. The van der Waals surface area contributed by atoms with Gasteiger partial charge in [-0.2, -0.15) is 5.10 Å². The Labute approximate surface area is 85.8 Å². The summed E-state index contributed by atoms with van der Waals surface area (Å²) in [5.74, 6) is -0.841. The van der Waals surface area contributed by atoms with E-state index >= 15 is 0 Å². The van der Waals surface area contributed by atoms with Gasteiger partial charge in [-0.3, -0.25) is 9.89 Å². The molecule has 0 aromatic carbocycles. The van der Waals surface area contributed by atoms with Gasteiger partial charge in [-0.1, -0.05) is 11.6 Å². The van der Waals surface area contributed by atoms with Crippen molar-refractivity contribution in [3.8, 4) is 0 Å². The van der Waals surface area contributed by atoms with Crippen LogP contribution >= 0.6 is 11.6 Å². The lowest BCUT2D eigenvalue weighted by Gasteiger charge is -2.02. The summed E-state index contributed by atoms with van der Waals surface area (Å²) in [4.78, 5) is 10.8. The zero-order chi connectivity index (χ0) is 10.7. The number of aromatic nitrogens is 2. The summed E-state index contributed by atoms with van der Waals surface area (Å²) in [6, 6.07) is 0. The second-order valence-electron chi connectivity index (χ2n) is 2.94. The van der Waals surface area contributed by atoms with Gasteiger partial charge in [0.1, 0.15) is 0 Å². The van der Waals surface area contributed by atoms with Crippen molar-refractivity contribution in [3.05, 3.63) is 17.0 Å². The Morgan fingerprint density at radius 2 is 2.36 bits per heavy atom. The predicted molar refractivity (Wildman–Crippen MR) is 50.7 cm³/mol. The molecule has 0 bridgehead atoms. The van der Waals surface area contributed by atoms with Crippen molar-refractivity contribution in [3.63, 3.8) is 0 Å². The second kappa shape index (κ2) is 4.41. The molecule has 0 spiro atoms. The van der Waals surface area contributed by atoms with E-state index in [2.05, 4.69) is 15.5 Å². The van der Waals surface area contributed by atoms with E-state index in [1.165, 1.54) is 0 Å². The molecule has 0 aliphatic heterocycles. The van der Waals surface area contributed by atoms with E-state index in [1.54, 1.807) is 0 Å². The van der Waals surface area contributed by atoms with Gasteiger partial charge >= 0.3 is 0 Å². The molecule has 2 N–H and O–H groups in total. The lowest BCUT2D eigenvalue weighted by Crippen LogP contribution is -2.28. The molecular formula is C8H11ClFN3O. The topological polar surface area (TPSA) is 57.8 Å². The van der Waals surface area contributed by atoms with Gasteiger partial charge in [0.05, 0.1) is 12.2 Å². The van der Waals surface area contributed by atoms with Crippen LogP contribution in [-0.2, 0) is 11.3 Å². The van der Waals surface area contributed by atoms with Crippen LogP contribution in [0.2, 0.25) is 0 Å². The minimum atomic E-state index is -2.00. The molecule has 0 saturated heterocycles. The van der Waals surface area contributed by atoms with Crippen LogP contribution in [0.3, 0.4) is 0 Å². The Hall–Kier alpha value is -1.10. The van der Waals surface area contributed by atoms with E-state index in [1.807, 2.05) is 13.8 Å². The van der Waals surface area contributed by atoms with Crippen LogP contribution in [-0.4, -0.2) is 21.7 Å². The molecule has 0 saturated carbocycles. The van der Waals surface area contributed by atoms with Crippen LogP contribution in [0.1, 0.15) is 17.0 Å². The monoisotopic (exact) mass is 219 g/mol. The SMILES string of the molecule is Cc1[nH]nc(CNC(=O)C(F)Cl)c1C. The normalized spacial score (nSPS) is 12.6. The number of H-pyrrole nitrogens is 1. The molecule has 1 amide bonds. The predicted octanol–water partition coefficient (Wildman–Crippen LogP) is 1.18. The van der Waals surface area contributed by atoms with Crippen molar-refractivity contribution in [1.29, 1.82) is 0 Å². The smallest absolute Gasteiger partial charge is 0.270 e. The van der Waals surface area contributed by atoms with Gasteiger partial charge < -0.3 is 5.32 Å². The fourth-order valence-corrected chi connectivity index (χ4v) is 1.03. The number of hydrogen-bond donors (Lipinski definition) is 2. The van der Waals surface area contributed by atoms with Gasteiger partial charge in [0, 0.05) is 5.69 Å². The summed E-state index contributed by atoms with van der Waals surface area (Å²) >= 11 is 4.93.